The van der Waals surface area contributed by atoms with Gasteiger partial charge in [-0.1, -0.05) is 6.92 Å². The van der Waals surface area contributed by atoms with Gasteiger partial charge >= 0.3 is 0 Å². The molecule has 0 fully saturated rings. The van der Waals surface area contributed by atoms with Crippen molar-refractivity contribution in [2.45, 2.75) is 13.3 Å². The molecule has 1 radical (unpaired) electrons. The molecule has 2 N–H and O–H groups in total. The number of amides is 1. The maximum atomic E-state index is 11.3. The van der Waals surface area contributed by atoms with Gasteiger partial charge in [0.2, 0.25) is 5.91 Å². The lowest BCUT2D eigenvalue weighted by Crippen LogP contribution is -2.39. The van der Waals surface area contributed by atoms with Crippen molar-refractivity contribution < 1.29 is 9.53 Å². The monoisotopic (exact) mass is 287 g/mol. The lowest BCUT2D eigenvalue weighted by Gasteiger charge is -2.16. The SMILES string of the molecule is CCC(=O)N(N)CCOc1c[c]cc(-c2cnn(C)c2)c1. The van der Waals surface area contributed by atoms with Gasteiger partial charge in [0.25, 0.3) is 0 Å². The second kappa shape index (κ2) is 6.90. The standard InChI is InChI=1S/C15H19N4O2/c1-3-15(20)19(16)7-8-21-14-6-4-5-12(9-14)13-10-17-18(2)11-13/h5-6,9-11H,3,7-8,16H2,1-2H3. The summed E-state index contributed by atoms with van der Waals surface area (Å²) in [6.45, 7) is 2.46. The van der Waals surface area contributed by atoms with Crippen LogP contribution < -0.4 is 10.6 Å². The van der Waals surface area contributed by atoms with E-state index in [0.717, 1.165) is 11.1 Å². The Balaban J connectivity index is 1.94. The molecule has 1 aromatic heterocycles. The highest BCUT2D eigenvalue weighted by atomic mass is 16.5. The van der Waals surface area contributed by atoms with Gasteiger partial charge in [-0.25, -0.2) is 5.84 Å². The van der Waals surface area contributed by atoms with Crippen LogP contribution in [0.3, 0.4) is 0 Å². The van der Waals surface area contributed by atoms with E-state index in [1.54, 1.807) is 23.9 Å². The van der Waals surface area contributed by atoms with E-state index >= 15 is 0 Å². The zero-order valence-electron chi connectivity index (χ0n) is 12.2. The van der Waals surface area contributed by atoms with Crippen LogP contribution in [0.15, 0.2) is 30.6 Å². The van der Waals surface area contributed by atoms with Crippen LogP contribution in [-0.2, 0) is 11.8 Å². The third-order valence-electron chi connectivity index (χ3n) is 3.02. The van der Waals surface area contributed by atoms with Gasteiger partial charge in [-0.15, -0.1) is 0 Å². The van der Waals surface area contributed by atoms with Crippen LogP contribution in [0.4, 0.5) is 0 Å². The number of carbonyl (C=O) groups is 1. The number of aryl methyl sites for hydroxylation is 1. The number of aromatic nitrogens is 2. The molecule has 2 aromatic rings. The Morgan fingerprint density at radius 3 is 2.95 bits per heavy atom. The molecule has 0 atom stereocenters. The zero-order chi connectivity index (χ0) is 15.2. The molecule has 0 saturated carbocycles. The van der Waals surface area contributed by atoms with Crippen molar-refractivity contribution in [3.8, 4) is 16.9 Å². The van der Waals surface area contributed by atoms with Gasteiger partial charge in [-0.3, -0.25) is 14.5 Å². The first-order valence-electron chi connectivity index (χ1n) is 6.78. The van der Waals surface area contributed by atoms with E-state index in [2.05, 4.69) is 11.2 Å². The number of benzene rings is 1. The number of ether oxygens (including phenoxy) is 1. The molecule has 1 heterocycles. The third kappa shape index (κ3) is 4.06. The van der Waals surface area contributed by atoms with E-state index < -0.39 is 0 Å². The quantitative estimate of drug-likeness (QED) is 0.495. The Hall–Kier alpha value is -2.34. The van der Waals surface area contributed by atoms with Crippen LogP contribution in [-0.4, -0.2) is 33.8 Å². The van der Waals surface area contributed by atoms with Crippen molar-refractivity contribution in [2.75, 3.05) is 13.2 Å². The summed E-state index contributed by atoms with van der Waals surface area (Å²) in [5.74, 6) is 6.19. The Labute approximate surface area is 124 Å². The Kier molecular flexibility index (Phi) is 4.94. The van der Waals surface area contributed by atoms with Crippen LogP contribution in [0.2, 0.25) is 0 Å². The number of nitrogens with zero attached hydrogens (tertiary/aromatic N) is 3. The molecule has 0 saturated heterocycles. The highest BCUT2D eigenvalue weighted by Gasteiger charge is 2.07. The molecule has 21 heavy (non-hydrogen) atoms. The van der Waals surface area contributed by atoms with E-state index in [4.69, 9.17) is 10.6 Å². The minimum atomic E-state index is -0.103. The molecule has 0 aliphatic heterocycles. The lowest BCUT2D eigenvalue weighted by molar-refractivity contribution is -0.131. The maximum absolute atomic E-state index is 11.3. The number of hydrogen-bond acceptors (Lipinski definition) is 4. The van der Waals surface area contributed by atoms with Crippen LogP contribution in [0.5, 0.6) is 5.75 Å². The van der Waals surface area contributed by atoms with Crippen molar-refractivity contribution in [2.24, 2.45) is 12.9 Å². The highest BCUT2D eigenvalue weighted by molar-refractivity contribution is 5.75. The summed E-state index contributed by atoms with van der Waals surface area (Å²) >= 11 is 0. The number of hydrazine groups is 1. The Bertz CT molecular complexity index is 609. The van der Waals surface area contributed by atoms with Crippen molar-refractivity contribution in [3.63, 3.8) is 0 Å². The van der Waals surface area contributed by atoms with Crippen LogP contribution in [0, 0.1) is 6.07 Å². The average Bonchev–Trinajstić information content (AvgIpc) is 2.93. The summed E-state index contributed by atoms with van der Waals surface area (Å²) in [4.78, 5) is 11.3. The van der Waals surface area contributed by atoms with Gasteiger partial charge in [-0.2, -0.15) is 5.10 Å². The van der Waals surface area contributed by atoms with Gasteiger partial charge in [0.1, 0.15) is 12.4 Å². The fraction of sp³-hybridized carbons (Fsp3) is 0.333. The third-order valence-corrected chi connectivity index (χ3v) is 3.02. The maximum Gasteiger partial charge on any atom is 0.236 e. The van der Waals surface area contributed by atoms with E-state index in [0.29, 0.717) is 25.3 Å². The van der Waals surface area contributed by atoms with Gasteiger partial charge in [0.05, 0.1) is 12.7 Å². The fourth-order valence-corrected chi connectivity index (χ4v) is 1.86. The molecule has 6 heteroatoms. The molecule has 1 amide bonds. The van der Waals surface area contributed by atoms with E-state index in [1.807, 2.05) is 25.4 Å². The van der Waals surface area contributed by atoms with Gasteiger partial charge in [0, 0.05) is 25.2 Å². The molecular formula is C15H19N4O2. The number of carbonyl (C=O) groups excluding carboxylic acids is 1. The highest BCUT2D eigenvalue weighted by Crippen LogP contribution is 2.22. The van der Waals surface area contributed by atoms with Crippen molar-refractivity contribution in [1.82, 2.24) is 14.8 Å². The van der Waals surface area contributed by atoms with E-state index in [1.165, 1.54) is 5.01 Å². The lowest BCUT2D eigenvalue weighted by atomic mass is 10.1. The van der Waals surface area contributed by atoms with Crippen molar-refractivity contribution in [3.05, 3.63) is 36.7 Å². The largest absolute Gasteiger partial charge is 0.492 e. The molecule has 0 bridgehead atoms. The number of hydrogen-bond donors (Lipinski definition) is 1. The van der Waals surface area contributed by atoms with Crippen LogP contribution in [0.1, 0.15) is 13.3 Å². The molecule has 0 aliphatic carbocycles. The average molecular weight is 287 g/mol. The molecule has 0 unspecified atom stereocenters. The van der Waals surface area contributed by atoms with Crippen LogP contribution >= 0.6 is 0 Å². The summed E-state index contributed by atoms with van der Waals surface area (Å²) in [6.07, 6.45) is 4.10. The topological polar surface area (TPSA) is 73.4 Å². The number of nitrogens with two attached hydrogens (primary N) is 1. The van der Waals surface area contributed by atoms with Crippen molar-refractivity contribution in [1.29, 1.82) is 0 Å². The van der Waals surface area contributed by atoms with E-state index in [-0.39, 0.29) is 5.91 Å². The second-order valence-electron chi connectivity index (χ2n) is 4.65. The molecule has 6 nitrogen and oxygen atoms in total. The molecular weight excluding hydrogens is 268 g/mol. The predicted molar refractivity (Wildman–Crippen MR) is 79.2 cm³/mol. The molecule has 2 rings (SSSR count). The van der Waals surface area contributed by atoms with Crippen LogP contribution in [0.25, 0.3) is 11.1 Å². The Morgan fingerprint density at radius 2 is 2.29 bits per heavy atom. The summed E-state index contributed by atoms with van der Waals surface area (Å²) in [5, 5.41) is 5.31. The fourth-order valence-electron chi connectivity index (χ4n) is 1.86. The zero-order valence-corrected chi connectivity index (χ0v) is 12.2. The molecule has 0 aliphatic rings. The van der Waals surface area contributed by atoms with Gasteiger partial charge in [-0.05, 0) is 29.8 Å². The first kappa shape index (κ1) is 15.1. The smallest absolute Gasteiger partial charge is 0.236 e. The molecule has 111 valence electrons. The van der Waals surface area contributed by atoms with Gasteiger partial charge < -0.3 is 4.74 Å². The second-order valence-corrected chi connectivity index (χ2v) is 4.65. The number of rotatable bonds is 6. The first-order chi connectivity index (χ1) is 10.1. The Morgan fingerprint density at radius 1 is 1.48 bits per heavy atom. The first-order valence-corrected chi connectivity index (χ1v) is 6.78. The minimum Gasteiger partial charge on any atom is -0.492 e. The van der Waals surface area contributed by atoms with E-state index in [9.17, 15) is 4.79 Å². The summed E-state index contributed by atoms with van der Waals surface area (Å²) in [7, 11) is 1.87. The van der Waals surface area contributed by atoms with Crippen molar-refractivity contribution >= 4 is 5.91 Å². The van der Waals surface area contributed by atoms with Gasteiger partial charge in [0.15, 0.2) is 0 Å². The molecule has 0 spiro atoms. The normalized spacial score (nSPS) is 10.4. The predicted octanol–water partition coefficient (Wildman–Crippen LogP) is 1.38. The summed E-state index contributed by atoms with van der Waals surface area (Å²) in [5.41, 5.74) is 1.98. The molecule has 1 aromatic carbocycles. The summed E-state index contributed by atoms with van der Waals surface area (Å²) in [6, 6.07) is 8.58. The summed E-state index contributed by atoms with van der Waals surface area (Å²) < 4.78 is 7.35. The minimum absolute atomic E-state index is 0.103.